The largest absolute Gasteiger partial charge is 0.489 e. The quantitative estimate of drug-likeness (QED) is 0.313. The van der Waals surface area contributed by atoms with Crippen LogP contribution in [0.3, 0.4) is 0 Å². The smallest absolute Gasteiger partial charge is 0.335 e. The Morgan fingerprint density at radius 1 is 1.08 bits per heavy atom. The number of aromatic carboxylic acids is 1. The van der Waals surface area contributed by atoms with E-state index in [0.29, 0.717) is 22.9 Å². The van der Waals surface area contributed by atoms with E-state index in [-0.39, 0.29) is 15.8 Å². The highest BCUT2D eigenvalue weighted by Crippen LogP contribution is 2.34. The van der Waals surface area contributed by atoms with E-state index in [0.717, 1.165) is 22.9 Å². The molecule has 36 heavy (non-hydrogen) atoms. The van der Waals surface area contributed by atoms with E-state index in [1.54, 1.807) is 13.0 Å². The van der Waals surface area contributed by atoms with Crippen molar-refractivity contribution in [1.29, 1.82) is 0 Å². The number of ether oxygens (including phenoxy) is 1. The highest BCUT2D eigenvalue weighted by atomic mass is 32.2. The van der Waals surface area contributed by atoms with Gasteiger partial charge in [0, 0.05) is 5.69 Å². The number of hydrogen-bond acceptors (Lipinski definition) is 6. The van der Waals surface area contributed by atoms with Crippen LogP contribution in [0.25, 0.3) is 6.08 Å². The maximum atomic E-state index is 13.1. The van der Waals surface area contributed by atoms with Crippen LogP contribution in [0.5, 0.6) is 5.75 Å². The molecule has 1 unspecified atom stereocenters. The molecule has 1 fully saturated rings. The molecule has 7 nitrogen and oxygen atoms in total. The molecule has 0 radical (unpaired) electrons. The lowest BCUT2D eigenvalue weighted by Gasteiger charge is -2.22. The van der Waals surface area contributed by atoms with E-state index in [4.69, 9.17) is 22.1 Å². The molecule has 1 aliphatic heterocycles. The number of thiocarbonyl (C=S) groups is 1. The van der Waals surface area contributed by atoms with Crippen LogP contribution in [0, 0.1) is 0 Å². The first-order valence-electron chi connectivity index (χ1n) is 11.0. The summed E-state index contributed by atoms with van der Waals surface area (Å²) in [6.45, 7) is 2.02. The van der Waals surface area contributed by atoms with Gasteiger partial charge in [0.05, 0.1) is 10.5 Å². The van der Waals surface area contributed by atoms with Crippen molar-refractivity contribution >= 4 is 57.8 Å². The summed E-state index contributed by atoms with van der Waals surface area (Å²) < 4.78 is 6.15. The van der Waals surface area contributed by atoms with Crippen LogP contribution in [0.1, 0.15) is 28.4 Å². The lowest BCUT2D eigenvalue weighted by atomic mass is 10.2. The molecule has 0 spiro atoms. The van der Waals surface area contributed by atoms with Gasteiger partial charge in [0.2, 0.25) is 5.91 Å². The van der Waals surface area contributed by atoms with Crippen molar-refractivity contribution in [2.24, 2.45) is 0 Å². The van der Waals surface area contributed by atoms with Gasteiger partial charge in [0.25, 0.3) is 5.91 Å². The number of carbonyl (C=O) groups is 3. The minimum Gasteiger partial charge on any atom is -0.489 e. The van der Waals surface area contributed by atoms with Gasteiger partial charge in [-0.05, 0) is 60.5 Å². The monoisotopic (exact) mass is 518 g/mol. The summed E-state index contributed by atoms with van der Waals surface area (Å²) in [6, 6.07) is 22.1. The lowest BCUT2D eigenvalue weighted by molar-refractivity contribution is -0.129. The number of anilines is 1. The highest BCUT2D eigenvalue weighted by molar-refractivity contribution is 8.26. The molecule has 3 aromatic carbocycles. The van der Waals surface area contributed by atoms with E-state index < -0.39 is 17.9 Å². The van der Waals surface area contributed by atoms with Crippen molar-refractivity contribution < 1.29 is 24.2 Å². The molecule has 2 N–H and O–H groups in total. The second-order valence-corrected chi connectivity index (χ2v) is 9.62. The van der Waals surface area contributed by atoms with Crippen molar-refractivity contribution in [2.75, 3.05) is 5.32 Å². The second kappa shape index (κ2) is 11.2. The molecule has 0 saturated carbocycles. The summed E-state index contributed by atoms with van der Waals surface area (Å²) in [6.07, 6.45) is 1.73. The second-order valence-electron chi connectivity index (χ2n) is 7.95. The number of rotatable bonds is 8. The molecular weight excluding hydrogens is 496 g/mol. The van der Waals surface area contributed by atoms with Gasteiger partial charge in [-0.1, -0.05) is 66.4 Å². The number of benzene rings is 3. The number of carboxylic acid groups (broad SMARTS) is 1. The summed E-state index contributed by atoms with van der Waals surface area (Å²) in [7, 11) is 0. The summed E-state index contributed by atoms with van der Waals surface area (Å²) >= 11 is 6.53. The van der Waals surface area contributed by atoms with Crippen molar-refractivity contribution in [1.82, 2.24) is 4.90 Å². The molecule has 182 valence electrons. The zero-order valence-corrected chi connectivity index (χ0v) is 20.8. The molecule has 1 aliphatic rings. The zero-order valence-electron chi connectivity index (χ0n) is 19.2. The molecule has 0 aliphatic carbocycles. The van der Waals surface area contributed by atoms with Gasteiger partial charge in [-0.2, -0.15) is 0 Å². The van der Waals surface area contributed by atoms with E-state index in [9.17, 15) is 14.4 Å². The van der Waals surface area contributed by atoms with Gasteiger partial charge in [-0.3, -0.25) is 14.5 Å². The highest BCUT2D eigenvalue weighted by Gasteiger charge is 2.38. The van der Waals surface area contributed by atoms with Gasteiger partial charge >= 0.3 is 5.97 Å². The number of nitrogens with zero attached hydrogens (tertiary/aromatic N) is 1. The fourth-order valence-corrected chi connectivity index (χ4v) is 4.88. The predicted molar refractivity (Wildman–Crippen MR) is 144 cm³/mol. The fraction of sp³-hybridized carbons (Fsp3) is 0.111. The Kier molecular flexibility index (Phi) is 7.82. The first-order chi connectivity index (χ1) is 17.3. The van der Waals surface area contributed by atoms with Crippen molar-refractivity contribution in [3.05, 3.63) is 100 Å². The topological polar surface area (TPSA) is 95.9 Å². The van der Waals surface area contributed by atoms with Crippen LogP contribution in [0.2, 0.25) is 0 Å². The third-order valence-corrected chi connectivity index (χ3v) is 6.72. The molecule has 4 rings (SSSR count). The van der Waals surface area contributed by atoms with Gasteiger partial charge in [0.1, 0.15) is 22.7 Å². The third-order valence-electron chi connectivity index (χ3n) is 5.39. The Bertz CT molecular complexity index is 1340. The molecule has 1 saturated heterocycles. The standard InChI is InChI=1S/C27H22N2O5S2/c1-17(24(30)28-21-12-10-20(11-13-21)26(32)33)29-25(31)23(36-27(29)35)15-19-8-5-9-22(14-19)34-16-18-6-3-2-4-7-18/h2-15,17H,16H2,1H3,(H,28,30)(H,32,33)/b23-15-. The number of carbonyl (C=O) groups excluding carboxylic acids is 2. The Balaban J connectivity index is 1.42. The van der Waals surface area contributed by atoms with E-state index >= 15 is 0 Å². The van der Waals surface area contributed by atoms with Crippen molar-refractivity contribution in [2.45, 2.75) is 19.6 Å². The number of thioether (sulfide) groups is 1. The van der Waals surface area contributed by atoms with Crippen LogP contribution in [0.15, 0.2) is 83.8 Å². The molecule has 3 aromatic rings. The summed E-state index contributed by atoms with van der Waals surface area (Å²) in [5.41, 5.74) is 2.35. The minimum atomic E-state index is -1.06. The Hall–Kier alpha value is -3.95. The first-order valence-corrected chi connectivity index (χ1v) is 12.2. The summed E-state index contributed by atoms with van der Waals surface area (Å²) in [5, 5.41) is 11.7. The normalized spacial score (nSPS) is 15.1. The van der Waals surface area contributed by atoms with Crippen LogP contribution in [-0.2, 0) is 16.2 Å². The molecule has 1 heterocycles. The number of carboxylic acids is 1. The van der Waals surface area contributed by atoms with E-state index in [1.165, 1.54) is 29.2 Å². The van der Waals surface area contributed by atoms with Crippen molar-refractivity contribution in [3.8, 4) is 5.75 Å². The minimum absolute atomic E-state index is 0.109. The van der Waals surface area contributed by atoms with Crippen LogP contribution >= 0.6 is 24.0 Å². The predicted octanol–water partition coefficient (Wildman–Crippen LogP) is 5.19. The Morgan fingerprint density at radius 3 is 2.50 bits per heavy atom. The zero-order chi connectivity index (χ0) is 25.7. The van der Waals surface area contributed by atoms with Gasteiger partial charge < -0.3 is 15.2 Å². The molecular formula is C27H22N2O5S2. The average Bonchev–Trinajstić information content (AvgIpc) is 3.15. The van der Waals surface area contributed by atoms with Gasteiger partial charge in [-0.15, -0.1) is 0 Å². The van der Waals surface area contributed by atoms with Gasteiger partial charge in [0.15, 0.2) is 0 Å². The molecule has 0 aromatic heterocycles. The van der Waals surface area contributed by atoms with Gasteiger partial charge in [-0.25, -0.2) is 4.79 Å². The maximum Gasteiger partial charge on any atom is 0.335 e. The number of amides is 2. The third kappa shape index (κ3) is 5.99. The number of hydrogen-bond donors (Lipinski definition) is 2. The van der Waals surface area contributed by atoms with Crippen molar-refractivity contribution in [3.63, 3.8) is 0 Å². The average molecular weight is 519 g/mol. The van der Waals surface area contributed by atoms with E-state index in [2.05, 4.69) is 5.32 Å². The molecule has 1 atom stereocenters. The first kappa shape index (κ1) is 25.2. The van der Waals surface area contributed by atoms with E-state index in [1.807, 2.05) is 54.6 Å². The molecule has 9 heteroatoms. The summed E-state index contributed by atoms with van der Waals surface area (Å²) in [4.78, 5) is 38.6. The Labute approximate surface area is 217 Å². The maximum absolute atomic E-state index is 13.1. The lowest BCUT2D eigenvalue weighted by Crippen LogP contribution is -2.44. The van der Waals surface area contributed by atoms with Crippen LogP contribution in [0.4, 0.5) is 5.69 Å². The summed E-state index contributed by atoms with van der Waals surface area (Å²) in [5.74, 6) is -1.18. The molecule has 0 bridgehead atoms. The fourth-order valence-electron chi connectivity index (χ4n) is 3.46. The van der Waals surface area contributed by atoms with Crippen LogP contribution < -0.4 is 10.1 Å². The Morgan fingerprint density at radius 2 is 1.81 bits per heavy atom. The SMILES string of the molecule is CC(C(=O)Nc1ccc(C(=O)O)cc1)N1C(=O)/C(=C/c2cccc(OCc3ccccc3)c2)SC1=S. The van der Waals surface area contributed by atoms with Crippen LogP contribution in [-0.4, -0.2) is 38.2 Å². The molecule has 2 amide bonds. The number of nitrogens with one attached hydrogen (secondary N) is 1.